The Hall–Kier alpha value is -0.220. The second kappa shape index (κ2) is 5.43. The molecule has 0 aliphatic carbocycles. The van der Waals surface area contributed by atoms with Crippen molar-refractivity contribution in [2.24, 2.45) is 5.73 Å². The second-order valence-electron chi connectivity index (χ2n) is 3.15. The highest BCUT2D eigenvalue weighted by Gasteiger charge is 2.17. The second-order valence-corrected chi connectivity index (χ2v) is 5.11. The minimum atomic E-state index is -0.821. The van der Waals surface area contributed by atoms with E-state index < -0.39 is 5.97 Å². The van der Waals surface area contributed by atoms with Crippen molar-refractivity contribution < 1.29 is 9.90 Å². The highest BCUT2D eigenvalue weighted by atomic mass is 32.2. The van der Waals surface area contributed by atoms with E-state index in [1.54, 1.807) is 11.8 Å². The van der Waals surface area contributed by atoms with Gasteiger partial charge in [-0.05, 0) is 5.25 Å². The van der Waals surface area contributed by atoms with Gasteiger partial charge in [0.05, 0.1) is 6.42 Å². The van der Waals surface area contributed by atoms with Gasteiger partial charge in [0, 0.05) is 11.3 Å². The van der Waals surface area contributed by atoms with Gasteiger partial charge in [-0.1, -0.05) is 20.8 Å². The molecule has 2 atom stereocenters. The van der Waals surface area contributed by atoms with Crippen LogP contribution in [0.15, 0.2) is 0 Å². The molecule has 0 spiro atoms. The molecule has 12 heavy (non-hydrogen) atoms. The monoisotopic (exact) mass is 191 g/mol. The number of carboxylic acids is 1. The molecule has 0 aromatic rings. The van der Waals surface area contributed by atoms with Crippen molar-refractivity contribution in [3.63, 3.8) is 0 Å². The number of thioether (sulfide) groups is 1. The molecule has 0 saturated heterocycles. The lowest BCUT2D eigenvalue weighted by atomic mass is 10.2. The summed E-state index contributed by atoms with van der Waals surface area (Å²) in [5.41, 5.74) is 5.66. The van der Waals surface area contributed by atoms with Crippen LogP contribution in [0, 0.1) is 0 Å². The zero-order valence-corrected chi connectivity index (χ0v) is 8.60. The van der Waals surface area contributed by atoms with Gasteiger partial charge in [-0.2, -0.15) is 11.8 Å². The predicted molar refractivity (Wildman–Crippen MR) is 52.4 cm³/mol. The Kier molecular flexibility index (Phi) is 5.33. The van der Waals surface area contributed by atoms with E-state index in [-0.39, 0.29) is 17.7 Å². The van der Waals surface area contributed by atoms with Gasteiger partial charge in [0.1, 0.15) is 0 Å². The minimum absolute atomic E-state index is 0.0564. The van der Waals surface area contributed by atoms with Crippen LogP contribution >= 0.6 is 11.8 Å². The summed E-state index contributed by atoms with van der Waals surface area (Å²) >= 11 is 1.72. The average molecular weight is 191 g/mol. The first kappa shape index (κ1) is 11.8. The maximum Gasteiger partial charge on any atom is 0.304 e. The lowest BCUT2D eigenvalue weighted by molar-refractivity contribution is -0.137. The summed E-state index contributed by atoms with van der Waals surface area (Å²) in [5, 5.41) is 9.19. The molecule has 0 saturated carbocycles. The summed E-state index contributed by atoms with van der Waals surface area (Å²) in [6.45, 7) is 6.13. The SMILES string of the molecule is CC(C)S[C@@H](C)[C@H](N)CC(=O)O. The van der Waals surface area contributed by atoms with Crippen molar-refractivity contribution in [2.75, 3.05) is 0 Å². The van der Waals surface area contributed by atoms with Crippen molar-refractivity contribution in [1.82, 2.24) is 0 Å². The number of hydrogen-bond donors (Lipinski definition) is 2. The van der Waals surface area contributed by atoms with E-state index in [2.05, 4.69) is 13.8 Å². The largest absolute Gasteiger partial charge is 0.481 e. The Morgan fingerprint density at radius 3 is 2.33 bits per heavy atom. The zero-order valence-electron chi connectivity index (χ0n) is 7.78. The molecule has 0 rings (SSSR count). The van der Waals surface area contributed by atoms with E-state index in [0.717, 1.165) is 0 Å². The maximum absolute atomic E-state index is 10.3. The van der Waals surface area contributed by atoms with Crippen LogP contribution in [0.1, 0.15) is 27.2 Å². The lowest BCUT2D eigenvalue weighted by Crippen LogP contribution is -2.33. The first-order valence-corrected chi connectivity index (χ1v) is 5.00. The van der Waals surface area contributed by atoms with Crippen molar-refractivity contribution in [1.29, 1.82) is 0 Å². The molecule has 0 unspecified atom stereocenters. The van der Waals surface area contributed by atoms with Crippen LogP contribution in [0.4, 0.5) is 0 Å². The summed E-state index contributed by atoms with van der Waals surface area (Å²) in [6.07, 6.45) is 0.0564. The molecule has 0 bridgehead atoms. The Balaban J connectivity index is 3.76. The van der Waals surface area contributed by atoms with Crippen molar-refractivity contribution in [3.05, 3.63) is 0 Å². The van der Waals surface area contributed by atoms with E-state index in [1.807, 2.05) is 6.92 Å². The normalized spacial score (nSPS) is 16.1. The van der Waals surface area contributed by atoms with Gasteiger partial charge < -0.3 is 10.8 Å². The number of hydrogen-bond acceptors (Lipinski definition) is 3. The molecular weight excluding hydrogens is 174 g/mol. The van der Waals surface area contributed by atoms with Gasteiger partial charge in [0.2, 0.25) is 0 Å². The summed E-state index contributed by atoms with van der Waals surface area (Å²) in [6, 6.07) is -0.241. The Labute approximate surface area is 77.7 Å². The quantitative estimate of drug-likeness (QED) is 0.688. The summed E-state index contributed by atoms with van der Waals surface area (Å²) in [7, 11) is 0. The first-order chi connectivity index (χ1) is 5.43. The van der Waals surface area contributed by atoms with Crippen LogP contribution in [-0.2, 0) is 4.79 Å². The highest BCUT2D eigenvalue weighted by molar-refractivity contribution is 8.00. The van der Waals surface area contributed by atoms with Gasteiger partial charge in [-0.25, -0.2) is 0 Å². The van der Waals surface area contributed by atoms with Gasteiger partial charge >= 0.3 is 5.97 Å². The molecule has 0 heterocycles. The van der Waals surface area contributed by atoms with Crippen LogP contribution in [0.25, 0.3) is 0 Å². The zero-order chi connectivity index (χ0) is 9.72. The molecule has 0 aliphatic rings. The fraction of sp³-hybridized carbons (Fsp3) is 0.875. The number of rotatable bonds is 5. The van der Waals surface area contributed by atoms with Crippen LogP contribution in [-0.4, -0.2) is 27.6 Å². The highest BCUT2D eigenvalue weighted by Crippen LogP contribution is 2.19. The third kappa shape index (κ3) is 5.43. The summed E-state index contributed by atoms with van der Waals surface area (Å²) in [4.78, 5) is 10.3. The van der Waals surface area contributed by atoms with Crippen molar-refractivity contribution in [3.8, 4) is 0 Å². The molecule has 72 valence electrons. The first-order valence-electron chi connectivity index (χ1n) is 4.06. The molecule has 3 N–H and O–H groups in total. The van der Waals surface area contributed by atoms with E-state index in [9.17, 15) is 4.79 Å². The fourth-order valence-corrected chi connectivity index (χ4v) is 2.05. The standard InChI is InChI=1S/C8H17NO2S/c1-5(2)12-6(3)7(9)4-8(10)11/h5-7H,4,9H2,1-3H3,(H,10,11)/t6-,7+/m0/s1. The maximum atomic E-state index is 10.3. The van der Waals surface area contributed by atoms with Gasteiger partial charge in [-0.3, -0.25) is 4.79 Å². The molecule has 0 aromatic heterocycles. The summed E-state index contributed by atoms with van der Waals surface area (Å²) in [5.74, 6) is -0.821. The van der Waals surface area contributed by atoms with E-state index >= 15 is 0 Å². The predicted octanol–water partition coefficient (Wildman–Crippen LogP) is 1.32. The van der Waals surface area contributed by atoms with Gasteiger partial charge in [0.15, 0.2) is 0 Å². The van der Waals surface area contributed by atoms with Crippen LogP contribution in [0.2, 0.25) is 0 Å². The smallest absolute Gasteiger partial charge is 0.304 e. The Morgan fingerprint density at radius 2 is 2.00 bits per heavy atom. The van der Waals surface area contributed by atoms with E-state index in [4.69, 9.17) is 10.8 Å². The van der Waals surface area contributed by atoms with Crippen molar-refractivity contribution >= 4 is 17.7 Å². The molecular formula is C8H17NO2S. The number of carbonyl (C=O) groups is 1. The molecule has 0 amide bonds. The third-order valence-electron chi connectivity index (χ3n) is 1.50. The Morgan fingerprint density at radius 1 is 1.50 bits per heavy atom. The fourth-order valence-electron chi connectivity index (χ4n) is 0.898. The number of nitrogens with two attached hydrogens (primary N) is 1. The molecule has 0 fully saturated rings. The molecule has 0 radical (unpaired) electrons. The van der Waals surface area contributed by atoms with Crippen molar-refractivity contribution in [2.45, 2.75) is 43.7 Å². The number of aliphatic carboxylic acids is 1. The van der Waals surface area contributed by atoms with Crippen LogP contribution < -0.4 is 5.73 Å². The number of carboxylic acid groups (broad SMARTS) is 1. The minimum Gasteiger partial charge on any atom is -0.481 e. The van der Waals surface area contributed by atoms with Gasteiger partial charge in [-0.15, -0.1) is 0 Å². The van der Waals surface area contributed by atoms with Crippen LogP contribution in [0.3, 0.4) is 0 Å². The lowest BCUT2D eigenvalue weighted by Gasteiger charge is -2.19. The molecule has 0 aliphatic heterocycles. The topological polar surface area (TPSA) is 63.3 Å². The van der Waals surface area contributed by atoms with E-state index in [0.29, 0.717) is 5.25 Å². The molecule has 4 heteroatoms. The summed E-state index contributed by atoms with van der Waals surface area (Å²) < 4.78 is 0. The van der Waals surface area contributed by atoms with Crippen LogP contribution in [0.5, 0.6) is 0 Å². The molecule has 0 aromatic carbocycles. The third-order valence-corrected chi connectivity index (χ3v) is 2.82. The Bertz CT molecular complexity index is 150. The average Bonchev–Trinajstić information content (AvgIpc) is 1.84. The van der Waals surface area contributed by atoms with E-state index in [1.165, 1.54) is 0 Å². The molecule has 3 nitrogen and oxygen atoms in total. The van der Waals surface area contributed by atoms with Gasteiger partial charge in [0.25, 0.3) is 0 Å².